The Balaban J connectivity index is 1.58. The third kappa shape index (κ3) is 4.21. The Hall–Kier alpha value is -3.29. The van der Waals surface area contributed by atoms with Gasteiger partial charge < -0.3 is 9.84 Å². The molecule has 0 spiro atoms. The summed E-state index contributed by atoms with van der Waals surface area (Å²) in [6.45, 7) is 5.44. The number of aromatic nitrogens is 3. The Morgan fingerprint density at radius 2 is 2.00 bits per heavy atom. The summed E-state index contributed by atoms with van der Waals surface area (Å²) in [6, 6.07) is 13.0. The number of nitrogens with zero attached hydrogens (tertiary/aromatic N) is 4. The normalized spacial score (nSPS) is 16.2. The van der Waals surface area contributed by atoms with E-state index in [1.54, 1.807) is 25.3 Å². The molecule has 8 heteroatoms. The van der Waals surface area contributed by atoms with Gasteiger partial charge in [-0.15, -0.1) is 0 Å². The van der Waals surface area contributed by atoms with E-state index in [4.69, 9.17) is 16.1 Å². The van der Waals surface area contributed by atoms with Crippen molar-refractivity contribution in [3.63, 3.8) is 0 Å². The first-order chi connectivity index (χ1) is 16.0. The summed E-state index contributed by atoms with van der Waals surface area (Å²) in [7, 11) is 0. The van der Waals surface area contributed by atoms with Crippen LogP contribution in [0.15, 0.2) is 53.2 Å². The zero-order valence-corrected chi connectivity index (χ0v) is 19.3. The Labute approximate surface area is 196 Å². The van der Waals surface area contributed by atoms with E-state index in [0.717, 1.165) is 47.8 Å². The van der Waals surface area contributed by atoms with Crippen LogP contribution in [0.3, 0.4) is 0 Å². The van der Waals surface area contributed by atoms with Crippen LogP contribution in [0.2, 0.25) is 5.02 Å². The minimum Gasteiger partial charge on any atom is -0.334 e. The number of halogens is 1. The fourth-order valence-electron chi connectivity index (χ4n) is 4.44. The number of carbonyl (C=O) groups excluding carboxylic acids is 1. The second-order valence-electron chi connectivity index (χ2n) is 8.35. The average molecular weight is 462 g/mol. The minimum atomic E-state index is -0.0914. The van der Waals surface area contributed by atoms with Gasteiger partial charge in [0.15, 0.2) is 5.82 Å². The first-order valence-electron chi connectivity index (χ1n) is 11.0. The molecule has 1 saturated heterocycles. The van der Waals surface area contributed by atoms with Crippen molar-refractivity contribution in [2.24, 2.45) is 0 Å². The van der Waals surface area contributed by atoms with Crippen molar-refractivity contribution in [2.45, 2.75) is 32.7 Å². The van der Waals surface area contributed by atoms with Crippen molar-refractivity contribution in [3.05, 3.63) is 70.6 Å². The lowest BCUT2D eigenvalue weighted by Crippen LogP contribution is -2.49. The maximum Gasteiger partial charge on any atom is 0.259 e. The number of benzene rings is 2. The Morgan fingerprint density at radius 3 is 2.70 bits per heavy atom. The summed E-state index contributed by atoms with van der Waals surface area (Å²) in [6.07, 6.45) is 3.65. The van der Waals surface area contributed by atoms with E-state index in [1.165, 1.54) is 0 Å². The monoisotopic (exact) mass is 461 g/mol. The fraction of sp³-hybridized carbons (Fsp3) is 0.280. The molecule has 1 aliphatic rings. The molecule has 5 rings (SSSR count). The Morgan fingerprint density at radius 1 is 1.18 bits per heavy atom. The predicted octanol–water partition coefficient (Wildman–Crippen LogP) is 4.95. The summed E-state index contributed by atoms with van der Waals surface area (Å²) in [4.78, 5) is 24.7. The molecule has 1 amide bonds. The Kier molecular flexibility index (Phi) is 5.83. The van der Waals surface area contributed by atoms with Crippen LogP contribution in [0.4, 0.5) is 5.82 Å². The zero-order valence-electron chi connectivity index (χ0n) is 18.5. The molecule has 3 heterocycles. The van der Waals surface area contributed by atoms with Crippen molar-refractivity contribution in [2.75, 3.05) is 18.0 Å². The van der Waals surface area contributed by atoms with E-state index in [1.807, 2.05) is 42.2 Å². The van der Waals surface area contributed by atoms with Crippen molar-refractivity contribution < 1.29 is 9.32 Å². The number of carbonyl (C=O) groups is 1. The fourth-order valence-corrected chi connectivity index (χ4v) is 4.72. The van der Waals surface area contributed by atoms with E-state index >= 15 is 0 Å². The molecule has 7 nitrogen and oxygen atoms in total. The van der Waals surface area contributed by atoms with Crippen molar-refractivity contribution >= 4 is 34.1 Å². The molecule has 0 bridgehead atoms. The van der Waals surface area contributed by atoms with Gasteiger partial charge in [0.25, 0.3) is 11.8 Å². The van der Waals surface area contributed by atoms with Gasteiger partial charge in [-0.3, -0.25) is 9.69 Å². The summed E-state index contributed by atoms with van der Waals surface area (Å²) >= 11 is 6.30. The average Bonchev–Trinajstić information content (AvgIpc) is 3.26. The maximum atomic E-state index is 13.9. The molecule has 0 radical (unpaired) electrons. The van der Waals surface area contributed by atoms with Gasteiger partial charge in [-0.25, -0.2) is 4.98 Å². The van der Waals surface area contributed by atoms with Crippen LogP contribution in [-0.2, 0) is 0 Å². The number of nitrogens with one attached hydrogen (secondary N) is 1. The molecule has 0 saturated carbocycles. The summed E-state index contributed by atoms with van der Waals surface area (Å²) in [5.41, 5.74) is 2.34. The van der Waals surface area contributed by atoms with Crippen LogP contribution < -0.4 is 10.2 Å². The van der Waals surface area contributed by atoms with Crippen molar-refractivity contribution in [1.29, 1.82) is 0 Å². The molecule has 1 fully saturated rings. The highest BCUT2D eigenvalue weighted by molar-refractivity contribution is 6.31. The van der Waals surface area contributed by atoms with Gasteiger partial charge in [0, 0.05) is 34.3 Å². The molecule has 1 atom stereocenters. The number of aryl methyl sites for hydroxylation is 2. The van der Waals surface area contributed by atoms with Crippen LogP contribution in [0.25, 0.3) is 22.2 Å². The number of amides is 1. The SMILES string of the molecule is Cc1noc(-c2ccc(C(=O)N(c3nccc4cc(Cl)cc(C)c34)[C@@H]3CCCNC3)cc2)n1. The van der Waals surface area contributed by atoms with Gasteiger partial charge in [-0.2, -0.15) is 4.98 Å². The second kappa shape index (κ2) is 8.92. The summed E-state index contributed by atoms with van der Waals surface area (Å²) < 4.78 is 5.25. The highest BCUT2D eigenvalue weighted by Gasteiger charge is 2.30. The number of pyridine rings is 1. The third-order valence-electron chi connectivity index (χ3n) is 5.99. The highest BCUT2D eigenvalue weighted by atomic mass is 35.5. The first-order valence-corrected chi connectivity index (χ1v) is 11.4. The van der Waals surface area contributed by atoms with Crippen molar-refractivity contribution in [3.8, 4) is 11.5 Å². The molecule has 33 heavy (non-hydrogen) atoms. The van der Waals surface area contributed by atoms with Gasteiger partial charge in [-0.1, -0.05) is 16.8 Å². The van der Waals surface area contributed by atoms with Crippen LogP contribution in [0.5, 0.6) is 0 Å². The van der Waals surface area contributed by atoms with Crippen LogP contribution in [0, 0.1) is 13.8 Å². The quantitative estimate of drug-likeness (QED) is 0.462. The minimum absolute atomic E-state index is 0.00213. The molecule has 4 aromatic rings. The van der Waals surface area contributed by atoms with E-state index in [9.17, 15) is 4.79 Å². The lowest BCUT2D eigenvalue weighted by atomic mass is 10.0. The number of piperidine rings is 1. The molecule has 2 aromatic carbocycles. The van der Waals surface area contributed by atoms with E-state index < -0.39 is 0 Å². The molecule has 1 N–H and O–H groups in total. The summed E-state index contributed by atoms with van der Waals surface area (Å²) in [5.74, 6) is 1.57. The first kappa shape index (κ1) is 21.6. The number of anilines is 1. The standard InChI is InChI=1S/C25H24ClN5O2/c1-15-12-20(26)13-19-9-11-28-23(22(15)19)31(21-4-3-10-27-14-21)25(32)18-7-5-17(6-8-18)24-29-16(2)30-33-24/h5-9,11-13,21,27H,3-4,10,14H2,1-2H3/t21-/m1/s1. The van der Waals surface area contributed by atoms with Gasteiger partial charge in [-0.05, 0) is 86.6 Å². The molecule has 2 aromatic heterocycles. The smallest absolute Gasteiger partial charge is 0.259 e. The molecular formula is C25H24ClN5O2. The Bertz CT molecular complexity index is 1310. The molecule has 0 aliphatic carbocycles. The highest BCUT2D eigenvalue weighted by Crippen LogP contribution is 2.33. The van der Waals surface area contributed by atoms with E-state index in [-0.39, 0.29) is 11.9 Å². The molecular weight excluding hydrogens is 438 g/mol. The van der Waals surface area contributed by atoms with Crippen LogP contribution >= 0.6 is 11.6 Å². The summed E-state index contributed by atoms with van der Waals surface area (Å²) in [5, 5.41) is 9.84. The third-order valence-corrected chi connectivity index (χ3v) is 6.21. The number of rotatable bonds is 4. The number of hydrogen-bond acceptors (Lipinski definition) is 6. The largest absolute Gasteiger partial charge is 0.334 e. The topological polar surface area (TPSA) is 84.2 Å². The number of fused-ring (bicyclic) bond motifs is 1. The number of hydrogen-bond donors (Lipinski definition) is 1. The van der Waals surface area contributed by atoms with Gasteiger partial charge in [0.2, 0.25) is 0 Å². The maximum absolute atomic E-state index is 13.9. The van der Waals surface area contributed by atoms with Crippen molar-refractivity contribution in [1.82, 2.24) is 20.4 Å². The van der Waals surface area contributed by atoms with Crippen LogP contribution in [0.1, 0.15) is 34.6 Å². The van der Waals surface area contributed by atoms with E-state index in [2.05, 4.69) is 20.4 Å². The second-order valence-corrected chi connectivity index (χ2v) is 8.79. The van der Waals surface area contributed by atoms with Gasteiger partial charge >= 0.3 is 0 Å². The predicted molar refractivity (Wildman–Crippen MR) is 129 cm³/mol. The molecule has 1 aliphatic heterocycles. The zero-order chi connectivity index (χ0) is 22.9. The molecule has 0 unspecified atom stereocenters. The lowest BCUT2D eigenvalue weighted by Gasteiger charge is -2.35. The molecule has 168 valence electrons. The van der Waals surface area contributed by atoms with Gasteiger partial charge in [0.05, 0.1) is 6.04 Å². The van der Waals surface area contributed by atoms with Crippen LogP contribution in [-0.4, -0.2) is 40.2 Å². The van der Waals surface area contributed by atoms with E-state index in [0.29, 0.717) is 28.1 Å². The lowest BCUT2D eigenvalue weighted by molar-refractivity contribution is 0.0972. The van der Waals surface area contributed by atoms with Gasteiger partial charge in [0.1, 0.15) is 5.82 Å².